The predicted octanol–water partition coefficient (Wildman–Crippen LogP) is 3.16. The van der Waals surface area contributed by atoms with Gasteiger partial charge in [0.15, 0.2) is 5.41 Å². The van der Waals surface area contributed by atoms with Gasteiger partial charge in [0.25, 0.3) is 0 Å². The fraction of sp³-hybridized carbons (Fsp3) is 0.588. The van der Waals surface area contributed by atoms with Crippen LogP contribution in [0.15, 0.2) is 22.9 Å². The van der Waals surface area contributed by atoms with Gasteiger partial charge in [-0.1, -0.05) is 19.9 Å². The smallest absolute Gasteiger partial charge is 0.187 e. The Morgan fingerprint density at radius 2 is 2.00 bits per heavy atom. The van der Waals surface area contributed by atoms with Crippen molar-refractivity contribution < 1.29 is 0 Å². The molecule has 108 valence electrons. The maximum atomic E-state index is 9.68. The first-order valence-electron chi connectivity index (χ1n) is 7.45. The fourth-order valence-corrected chi connectivity index (χ4v) is 3.75. The van der Waals surface area contributed by atoms with Crippen molar-refractivity contribution in [1.29, 1.82) is 15.8 Å². The number of rotatable bonds is 2. The maximum absolute atomic E-state index is 9.68. The predicted molar refractivity (Wildman–Crippen MR) is 78.9 cm³/mol. The van der Waals surface area contributed by atoms with Gasteiger partial charge in [-0.2, -0.15) is 15.8 Å². The highest BCUT2D eigenvalue weighted by Gasteiger charge is 2.52. The lowest BCUT2D eigenvalue weighted by Gasteiger charge is -2.43. The molecule has 21 heavy (non-hydrogen) atoms. The lowest BCUT2D eigenvalue weighted by molar-refractivity contribution is 0.199. The van der Waals surface area contributed by atoms with E-state index < -0.39 is 5.41 Å². The first-order chi connectivity index (χ1) is 10.0. The molecule has 0 spiro atoms. The second kappa shape index (κ2) is 5.63. The van der Waals surface area contributed by atoms with Crippen molar-refractivity contribution in [2.75, 3.05) is 0 Å². The molecule has 0 saturated carbocycles. The lowest BCUT2D eigenvalue weighted by atomic mass is 9.57. The summed E-state index contributed by atoms with van der Waals surface area (Å²) in [6, 6.07) is 6.43. The molecule has 2 rings (SSSR count). The van der Waals surface area contributed by atoms with Crippen molar-refractivity contribution in [3.63, 3.8) is 0 Å². The highest BCUT2D eigenvalue weighted by Crippen LogP contribution is 2.53. The Balaban J connectivity index is 2.70. The maximum Gasteiger partial charge on any atom is 0.187 e. The summed E-state index contributed by atoms with van der Waals surface area (Å²) in [6.45, 7) is 4.18. The van der Waals surface area contributed by atoms with E-state index >= 15 is 0 Å². The zero-order valence-electron chi connectivity index (χ0n) is 12.6. The van der Waals surface area contributed by atoms with Crippen molar-refractivity contribution in [1.82, 2.24) is 0 Å². The van der Waals surface area contributed by atoms with Crippen LogP contribution in [0.4, 0.5) is 0 Å². The molecular formula is C17H20N4. The van der Waals surface area contributed by atoms with Gasteiger partial charge in [0.1, 0.15) is 6.07 Å². The van der Waals surface area contributed by atoms with Gasteiger partial charge in [-0.25, -0.2) is 0 Å². The van der Waals surface area contributed by atoms with Gasteiger partial charge in [-0.15, -0.1) is 0 Å². The average molecular weight is 280 g/mol. The molecule has 0 amide bonds. The minimum Gasteiger partial charge on any atom is -0.399 e. The molecule has 0 aromatic carbocycles. The standard InChI is InChI=1S/C17H20N4/c1-11(2)7-15-13-6-4-3-5-12(13)14(8-18)16(21)17(15,9-19)10-20/h5,11,13,15H,3-4,6-7,21H2,1-2H3/t13-,15+/m0/s1. The first kappa shape index (κ1) is 15.1. The molecular weight excluding hydrogens is 260 g/mol. The average Bonchev–Trinajstić information content (AvgIpc) is 2.48. The largest absolute Gasteiger partial charge is 0.399 e. The van der Waals surface area contributed by atoms with Crippen LogP contribution in [-0.4, -0.2) is 0 Å². The van der Waals surface area contributed by atoms with E-state index in [-0.39, 0.29) is 17.5 Å². The quantitative estimate of drug-likeness (QED) is 0.840. The van der Waals surface area contributed by atoms with Crippen LogP contribution in [0, 0.1) is 57.2 Å². The van der Waals surface area contributed by atoms with E-state index in [2.05, 4.69) is 38.1 Å². The molecule has 4 nitrogen and oxygen atoms in total. The van der Waals surface area contributed by atoms with Crippen molar-refractivity contribution in [3.05, 3.63) is 22.9 Å². The van der Waals surface area contributed by atoms with Crippen LogP contribution in [0.25, 0.3) is 0 Å². The van der Waals surface area contributed by atoms with Gasteiger partial charge in [0.2, 0.25) is 0 Å². The Morgan fingerprint density at radius 3 is 2.52 bits per heavy atom. The molecule has 0 fully saturated rings. The normalized spacial score (nSPS) is 27.1. The Hall–Kier alpha value is -2.25. The molecule has 2 atom stereocenters. The number of allylic oxidation sites excluding steroid dienone is 4. The van der Waals surface area contributed by atoms with E-state index in [1.54, 1.807) is 0 Å². The van der Waals surface area contributed by atoms with E-state index in [4.69, 9.17) is 5.73 Å². The van der Waals surface area contributed by atoms with E-state index in [1.807, 2.05) is 0 Å². The van der Waals surface area contributed by atoms with E-state index in [0.717, 1.165) is 31.3 Å². The Bertz CT molecular complexity index is 605. The second-order valence-corrected chi connectivity index (χ2v) is 6.37. The third-order valence-corrected chi connectivity index (χ3v) is 4.70. The number of nitrogens with two attached hydrogens (primary N) is 1. The molecule has 0 radical (unpaired) electrons. The Kier molecular flexibility index (Phi) is 4.06. The van der Waals surface area contributed by atoms with E-state index in [9.17, 15) is 15.8 Å². The summed E-state index contributed by atoms with van der Waals surface area (Å²) >= 11 is 0. The second-order valence-electron chi connectivity index (χ2n) is 6.37. The first-order valence-corrected chi connectivity index (χ1v) is 7.45. The van der Waals surface area contributed by atoms with Gasteiger partial charge in [0, 0.05) is 5.92 Å². The van der Waals surface area contributed by atoms with E-state index in [0.29, 0.717) is 11.5 Å². The third kappa shape index (κ3) is 2.20. The number of hydrogen-bond acceptors (Lipinski definition) is 4. The molecule has 2 aliphatic carbocycles. The van der Waals surface area contributed by atoms with Crippen molar-refractivity contribution in [3.8, 4) is 18.2 Å². The van der Waals surface area contributed by atoms with Gasteiger partial charge >= 0.3 is 0 Å². The number of fused-ring (bicyclic) bond motifs is 1. The van der Waals surface area contributed by atoms with Crippen LogP contribution in [-0.2, 0) is 0 Å². The molecule has 0 saturated heterocycles. The zero-order valence-corrected chi connectivity index (χ0v) is 12.6. The number of nitriles is 3. The fourth-order valence-electron chi connectivity index (χ4n) is 3.75. The monoisotopic (exact) mass is 280 g/mol. The van der Waals surface area contributed by atoms with Crippen molar-refractivity contribution in [2.24, 2.45) is 28.9 Å². The summed E-state index contributed by atoms with van der Waals surface area (Å²) in [6.07, 6.45) is 5.74. The topological polar surface area (TPSA) is 97.4 Å². The third-order valence-electron chi connectivity index (χ3n) is 4.70. The Labute approximate surface area is 126 Å². The molecule has 2 aliphatic rings. The number of hydrogen-bond donors (Lipinski definition) is 1. The lowest BCUT2D eigenvalue weighted by Crippen LogP contribution is -2.44. The summed E-state index contributed by atoms with van der Waals surface area (Å²) < 4.78 is 0. The molecule has 4 heteroatoms. The van der Waals surface area contributed by atoms with Gasteiger partial charge < -0.3 is 5.73 Å². The summed E-state index contributed by atoms with van der Waals surface area (Å²) in [5.74, 6) is 0.342. The van der Waals surface area contributed by atoms with Crippen LogP contribution < -0.4 is 5.73 Å². The van der Waals surface area contributed by atoms with Gasteiger partial charge in [-0.3, -0.25) is 0 Å². The minimum atomic E-state index is -1.37. The van der Waals surface area contributed by atoms with Crippen LogP contribution in [0.3, 0.4) is 0 Å². The molecule has 0 aromatic heterocycles. The van der Waals surface area contributed by atoms with Crippen LogP contribution in [0.1, 0.15) is 39.5 Å². The summed E-state index contributed by atoms with van der Waals surface area (Å²) in [4.78, 5) is 0. The SMILES string of the molecule is CC(C)C[C@@H]1[C@H]2CCCC=C2C(C#N)=C(N)C1(C#N)C#N. The summed E-state index contributed by atoms with van der Waals surface area (Å²) in [5, 5.41) is 28.8. The van der Waals surface area contributed by atoms with Crippen LogP contribution >= 0.6 is 0 Å². The molecule has 2 N–H and O–H groups in total. The summed E-state index contributed by atoms with van der Waals surface area (Å²) in [5.41, 5.74) is 6.25. The zero-order chi connectivity index (χ0) is 15.6. The minimum absolute atomic E-state index is 0.0994. The van der Waals surface area contributed by atoms with Gasteiger partial charge in [0.05, 0.1) is 23.4 Å². The van der Waals surface area contributed by atoms with Crippen LogP contribution in [0.2, 0.25) is 0 Å². The molecule has 0 aliphatic heterocycles. The van der Waals surface area contributed by atoms with E-state index in [1.165, 1.54) is 0 Å². The molecule has 0 bridgehead atoms. The molecule has 0 aromatic rings. The highest BCUT2D eigenvalue weighted by atomic mass is 14.7. The van der Waals surface area contributed by atoms with Gasteiger partial charge in [-0.05, 0) is 43.1 Å². The van der Waals surface area contributed by atoms with Crippen molar-refractivity contribution >= 4 is 0 Å². The number of nitrogens with zero attached hydrogens (tertiary/aromatic N) is 3. The molecule has 0 unspecified atom stereocenters. The van der Waals surface area contributed by atoms with Crippen molar-refractivity contribution in [2.45, 2.75) is 39.5 Å². The highest BCUT2D eigenvalue weighted by molar-refractivity contribution is 5.56. The summed E-state index contributed by atoms with van der Waals surface area (Å²) in [7, 11) is 0. The molecule has 0 heterocycles. The Morgan fingerprint density at radius 1 is 1.33 bits per heavy atom. The van der Waals surface area contributed by atoms with Crippen LogP contribution in [0.5, 0.6) is 0 Å².